The zero-order valence-electron chi connectivity index (χ0n) is 16.7. The summed E-state index contributed by atoms with van der Waals surface area (Å²) in [6, 6.07) is 15.8. The number of para-hydroxylation sites is 2. The number of aliphatic carboxylic acids is 1. The van der Waals surface area contributed by atoms with Crippen LogP contribution in [0.2, 0.25) is 0 Å². The Bertz CT molecular complexity index is 938. The molecule has 0 aliphatic rings. The molecule has 0 amide bonds. The second kappa shape index (κ2) is 10.1. The van der Waals surface area contributed by atoms with E-state index in [1.54, 1.807) is 7.11 Å². The maximum atomic E-state index is 11.4. The highest BCUT2D eigenvalue weighted by Gasteiger charge is 2.20. The van der Waals surface area contributed by atoms with E-state index in [-0.39, 0.29) is 18.5 Å². The van der Waals surface area contributed by atoms with Crippen LogP contribution >= 0.6 is 0 Å². The third kappa shape index (κ3) is 5.59. The average molecular weight is 396 g/mol. The number of ether oxygens (including phenoxy) is 1. The zero-order chi connectivity index (χ0) is 20.6. The van der Waals surface area contributed by atoms with E-state index in [0.29, 0.717) is 13.0 Å². The van der Waals surface area contributed by atoms with Gasteiger partial charge in [0.25, 0.3) is 0 Å². The normalized spacial score (nSPS) is 13.3. The molecule has 0 aliphatic heterocycles. The highest BCUT2D eigenvalue weighted by Crippen LogP contribution is 2.21. The molecular formula is C23H29N3O3. The number of rotatable bonds is 11. The van der Waals surface area contributed by atoms with E-state index in [9.17, 15) is 9.90 Å². The number of hydrogen-bond acceptors (Lipinski definition) is 4. The van der Waals surface area contributed by atoms with Gasteiger partial charge in [-0.05, 0) is 42.5 Å². The lowest BCUT2D eigenvalue weighted by Gasteiger charge is -2.24. The van der Waals surface area contributed by atoms with E-state index >= 15 is 0 Å². The predicted molar refractivity (Wildman–Crippen MR) is 115 cm³/mol. The quantitative estimate of drug-likeness (QED) is 0.400. The number of carbonyl (C=O) groups is 1. The summed E-state index contributed by atoms with van der Waals surface area (Å²) in [4.78, 5) is 14.7. The summed E-state index contributed by atoms with van der Waals surface area (Å²) in [6.45, 7) is 0.444. The molecule has 0 aliphatic carbocycles. The first-order valence-corrected chi connectivity index (χ1v) is 9.95. The Balaban J connectivity index is 1.68. The van der Waals surface area contributed by atoms with Crippen LogP contribution in [0.3, 0.4) is 0 Å². The number of H-pyrrole nitrogens is 1. The molecule has 0 fully saturated rings. The number of nitrogens with one attached hydrogen (secondary N) is 2. The molecule has 0 spiro atoms. The van der Waals surface area contributed by atoms with Crippen molar-refractivity contribution in [3.8, 4) is 5.75 Å². The molecule has 1 heterocycles. The number of hydrogen-bond donors (Lipinski definition) is 4. The van der Waals surface area contributed by atoms with E-state index in [0.717, 1.165) is 40.6 Å². The van der Waals surface area contributed by atoms with Gasteiger partial charge in [0, 0.05) is 35.7 Å². The van der Waals surface area contributed by atoms with Gasteiger partial charge in [-0.2, -0.15) is 0 Å². The Morgan fingerprint density at radius 1 is 1.14 bits per heavy atom. The molecule has 154 valence electrons. The summed E-state index contributed by atoms with van der Waals surface area (Å²) in [6.07, 6.45) is 4.26. The number of nitrogens with two attached hydrogens (primary N) is 1. The highest BCUT2D eigenvalue weighted by atomic mass is 16.5. The van der Waals surface area contributed by atoms with E-state index in [1.807, 2.05) is 48.7 Å². The SMILES string of the molecule is COc1ccccc1CCC(CN)N[C@@H](CC(=O)O)Cc1c[nH]c2ccccc12. The van der Waals surface area contributed by atoms with Crippen LogP contribution in [0.15, 0.2) is 54.7 Å². The van der Waals surface area contributed by atoms with Crippen LogP contribution in [0.4, 0.5) is 0 Å². The standard InChI is InChI=1S/C23H29N3O3/c1-29-22-9-5-2-6-16(22)10-11-18(14-24)26-19(13-23(27)28)12-17-15-25-21-8-4-3-7-20(17)21/h2-9,15,18-19,25-26H,10-14,24H2,1H3,(H,27,28)/t18?,19-/m1/s1. The molecule has 5 N–H and O–H groups in total. The molecule has 6 nitrogen and oxygen atoms in total. The summed E-state index contributed by atoms with van der Waals surface area (Å²) >= 11 is 0. The van der Waals surface area contributed by atoms with Crippen molar-refractivity contribution in [1.82, 2.24) is 10.3 Å². The van der Waals surface area contributed by atoms with Gasteiger partial charge in [0.1, 0.15) is 5.75 Å². The third-order valence-electron chi connectivity index (χ3n) is 5.27. The van der Waals surface area contributed by atoms with Gasteiger partial charge in [-0.25, -0.2) is 0 Å². The molecule has 0 saturated heterocycles. The lowest BCUT2D eigenvalue weighted by molar-refractivity contribution is -0.137. The van der Waals surface area contributed by atoms with Crippen molar-refractivity contribution in [3.63, 3.8) is 0 Å². The van der Waals surface area contributed by atoms with Gasteiger partial charge < -0.3 is 25.9 Å². The smallest absolute Gasteiger partial charge is 0.304 e. The van der Waals surface area contributed by atoms with Gasteiger partial charge in [0.05, 0.1) is 13.5 Å². The van der Waals surface area contributed by atoms with Crippen LogP contribution in [0, 0.1) is 0 Å². The fourth-order valence-electron chi connectivity index (χ4n) is 3.81. The summed E-state index contributed by atoms with van der Waals surface area (Å²) in [5.41, 5.74) is 9.30. The van der Waals surface area contributed by atoms with Crippen molar-refractivity contribution in [2.24, 2.45) is 5.73 Å². The summed E-state index contributed by atoms with van der Waals surface area (Å²) in [5, 5.41) is 14.0. The van der Waals surface area contributed by atoms with Gasteiger partial charge in [0.15, 0.2) is 0 Å². The van der Waals surface area contributed by atoms with Gasteiger partial charge in [-0.1, -0.05) is 36.4 Å². The second-order valence-corrected chi connectivity index (χ2v) is 7.31. The monoisotopic (exact) mass is 395 g/mol. The summed E-state index contributed by atoms with van der Waals surface area (Å²) in [7, 11) is 1.67. The molecule has 2 aromatic carbocycles. The van der Waals surface area contributed by atoms with Crippen LogP contribution < -0.4 is 15.8 Å². The highest BCUT2D eigenvalue weighted by molar-refractivity contribution is 5.83. The summed E-state index contributed by atoms with van der Waals surface area (Å²) < 4.78 is 5.42. The molecule has 0 saturated carbocycles. The second-order valence-electron chi connectivity index (χ2n) is 7.31. The Labute approximate surface area is 171 Å². The fourth-order valence-corrected chi connectivity index (χ4v) is 3.81. The lowest BCUT2D eigenvalue weighted by atomic mass is 9.99. The van der Waals surface area contributed by atoms with Crippen LogP contribution in [0.5, 0.6) is 5.75 Å². The molecule has 0 radical (unpaired) electrons. The number of carboxylic acid groups (broad SMARTS) is 1. The molecule has 0 bridgehead atoms. The van der Waals surface area contributed by atoms with Crippen LogP contribution in [0.1, 0.15) is 24.0 Å². The molecule has 6 heteroatoms. The Kier molecular flexibility index (Phi) is 7.27. The topological polar surface area (TPSA) is 100 Å². The molecule has 3 rings (SSSR count). The van der Waals surface area contributed by atoms with Gasteiger partial charge in [-0.15, -0.1) is 0 Å². The lowest BCUT2D eigenvalue weighted by Crippen LogP contribution is -2.45. The van der Waals surface area contributed by atoms with Crippen LogP contribution in [-0.4, -0.2) is 41.8 Å². The molecule has 29 heavy (non-hydrogen) atoms. The largest absolute Gasteiger partial charge is 0.496 e. The number of aromatic amines is 1. The van der Waals surface area contributed by atoms with Crippen molar-refractivity contribution in [1.29, 1.82) is 0 Å². The van der Waals surface area contributed by atoms with Crippen LogP contribution in [-0.2, 0) is 17.6 Å². The van der Waals surface area contributed by atoms with Crippen molar-refractivity contribution in [3.05, 3.63) is 65.9 Å². The first-order valence-electron chi connectivity index (χ1n) is 9.95. The van der Waals surface area contributed by atoms with E-state index in [4.69, 9.17) is 10.5 Å². The van der Waals surface area contributed by atoms with Crippen molar-refractivity contribution >= 4 is 16.9 Å². The minimum absolute atomic E-state index is 0.0227. The predicted octanol–water partition coefficient (Wildman–Crippen LogP) is 3.11. The minimum atomic E-state index is -0.817. The number of aryl methyl sites for hydroxylation is 1. The Morgan fingerprint density at radius 2 is 1.90 bits per heavy atom. The van der Waals surface area contributed by atoms with Crippen molar-refractivity contribution in [2.75, 3.05) is 13.7 Å². The Hall–Kier alpha value is -2.83. The molecule has 1 unspecified atom stereocenters. The summed E-state index contributed by atoms with van der Waals surface area (Å²) in [5.74, 6) is 0.0481. The number of carboxylic acids is 1. The first kappa shape index (κ1) is 20.9. The van der Waals surface area contributed by atoms with Crippen LogP contribution in [0.25, 0.3) is 10.9 Å². The molecule has 2 atom stereocenters. The third-order valence-corrected chi connectivity index (χ3v) is 5.27. The number of methoxy groups -OCH3 is 1. The van der Waals surface area contributed by atoms with Crippen molar-refractivity contribution < 1.29 is 14.6 Å². The number of fused-ring (bicyclic) bond motifs is 1. The van der Waals surface area contributed by atoms with E-state index < -0.39 is 5.97 Å². The Morgan fingerprint density at radius 3 is 2.66 bits per heavy atom. The molecular weight excluding hydrogens is 366 g/mol. The van der Waals surface area contributed by atoms with E-state index in [1.165, 1.54) is 0 Å². The van der Waals surface area contributed by atoms with E-state index in [2.05, 4.69) is 16.4 Å². The minimum Gasteiger partial charge on any atom is -0.496 e. The maximum Gasteiger partial charge on any atom is 0.304 e. The number of aromatic nitrogens is 1. The van der Waals surface area contributed by atoms with Gasteiger partial charge in [-0.3, -0.25) is 4.79 Å². The molecule has 3 aromatic rings. The number of benzene rings is 2. The first-order chi connectivity index (χ1) is 14.1. The fraction of sp³-hybridized carbons (Fsp3) is 0.348. The van der Waals surface area contributed by atoms with Gasteiger partial charge >= 0.3 is 5.97 Å². The maximum absolute atomic E-state index is 11.4. The van der Waals surface area contributed by atoms with Gasteiger partial charge in [0.2, 0.25) is 0 Å². The molecule has 1 aromatic heterocycles. The zero-order valence-corrected chi connectivity index (χ0v) is 16.7. The van der Waals surface area contributed by atoms with Crippen molar-refractivity contribution in [2.45, 2.75) is 37.8 Å². The average Bonchev–Trinajstić information content (AvgIpc) is 3.13.